The van der Waals surface area contributed by atoms with E-state index in [4.69, 9.17) is 0 Å². The predicted octanol–water partition coefficient (Wildman–Crippen LogP) is 1.59. The van der Waals surface area contributed by atoms with Crippen molar-refractivity contribution in [3.05, 3.63) is 35.6 Å². The van der Waals surface area contributed by atoms with Gasteiger partial charge in [0.2, 0.25) is 0 Å². The Bertz CT molecular complexity index is 424. The fourth-order valence-corrected chi connectivity index (χ4v) is 2.99. The molecule has 1 fully saturated rings. The summed E-state index contributed by atoms with van der Waals surface area (Å²) in [4.78, 5) is 4.75. The van der Waals surface area contributed by atoms with Crippen molar-refractivity contribution in [3.8, 4) is 0 Å². The van der Waals surface area contributed by atoms with Crippen molar-refractivity contribution in [2.24, 2.45) is 0 Å². The van der Waals surface area contributed by atoms with E-state index in [2.05, 4.69) is 36.1 Å². The number of likely N-dealkylation sites (N-methyl/N-ethyl adjacent to an activating group) is 3. The highest BCUT2D eigenvalue weighted by atomic mass is 19.1. The summed E-state index contributed by atoms with van der Waals surface area (Å²) in [5, 5.41) is 3.54. The van der Waals surface area contributed by atoms with Gasteiger partial charge in [0, 0.05) is 31.7 Å². The SMILES string of the molecule is CCNC(Cc1ccccc1F)C1CN(C)CCN1C. The first-order valence-electron chi connectivity index (χ1n) is 7.47. The van der Waals surface area contributed by atoms with E-state index in [-0.39, 0.29) is 11.9 Å². The molecule has 4 heteroatoms. The molecule has 0 bridgehead atoms. The maximum atomic E-state index is 13.9. The summed E-state index contributed by atoms with van der Waals surface area (Å²) in [5.74, 6) is -0.0952. The van der Waals surface area contributed by atoms with Crippen LogP contribution in [0, 0.1) is 5.82 Å². The van der Waals surface area contributed by atoms with Crippen LogP contribution in [-0.2, 0) is 6.42 Å². The first kappa shape index (κ1) is 15.4. The predicted molar refractivity (Wildman–Crippen MR) is 81.5 cm³/mol. The maximum Gasteiger partial charge on any atom is 0.126 e. The summed E-state index contributed by atoms with van der Waals surface area (Å²) in [7, 11) is 4.33. The molecule has 0 aromatic heterocycles. The van der Waals surface area contributed by atoms with Gasteiger partial charge in [-0.05, 0) is 38.7 Å². The van der Waals surface area contributed by atoms with Gasteiger partial charge in [0.25, 0.3) is 0 Å². The van der Waals surface area contributed by atoms with Gasteiger partial charge in [0.05, 0.1) is 0 Å². The van der Waals surface area contributed by atoms with E-state index >= 15 is 0 Å². The molecule has 20 heavy (non-hydrogen) atoms. The highest BCUT2D eigenvalue weighted by molar-refractivity contribution is 5.19. The van der Waals surface area contributed by atoms with Crippen LogP contribution >= 0.6 is 0 Å². The Morgan fingerprint density at radius 2 is 2.05 bits per heavy atom. The molecule has 1 aliphatic heterocycles. The van der Waals surface area contributed by atoms with E-state index in [1.807, 2.05) is 12.1 Å². The van der Waals surface area contributed by atoms with Gasteiger partial charge >= 0.3 is 0 Å². The fraction of sp³-hybridized carbons (Fsp3) is 0.625. The molecule has 0 aliphatic carbocycles. The Labute approximate surface area is 121 Å². The van der Waals surface area contributed by atoms with Crippen LogP contribution in [0.3, 0.4) is 0 Å². The molecule has 0 radical (unpaired) electrons. The van der Waals surface area contributed by atoms with Crippen molar-refractivity contribution in [2.45, 2.75) is 25.4 Å². The monoisotopic (exact) mass is 279 g/mol. The van der Waals surface area contributed by atoms with Crippen LogP contribution < -0.4 is 5.32 Å². The number of nitrogens with one attached hydrogen (secondary N) is 1. The van der Waals surface area contributed by atoms with Crippen LogP contribution in [0.5, 0.6) is 0 Å². The maximum absolute atomic E-state index is 13.9. The third kappa shape index (κ3) is 3.78. The third-order valence-electron chi connectivity index (χ3n) is 4.23. The van der Waals surface area contributed by atoms with Gasteiger partial charge in [-0.3, -0.25) is 4.90 Å². The highest BCUT2D eigenvalue weighted by Crippen LogP contribution is 2.16. The zero-order valence-electron chi connectivity index (χ0n) is 12.8. The van der Waals surface area contributed by atoms with Crippen LogP contribution in [0.1, 0.15) is 12.5 Å². The van der Waals surface area contributed by atoms with E-state index in [9.17, 15) is 4.39 Å². The average molecular weight is 279 g/mol. The van der Waals surface area contributed by atoms with Crippen LogP contribution in [0.15, 0.2) is 24.3 Å². The number of rotatable bonds is 5. The molecule has 1 N–H and O–H groups in total. The summed E-state index contributed by atoms with van der Waals surface area (Å²) in [5.41, 5.74) is 0.806. The lowest BCUT2D eigenvalue weighted by Crippen LogP contribution is -2.59. The van der Waals surface area contributed by atoms with Gasteiger partial charge < -0.3 is 10.2 Å². The summed E-state index contributed by atoms with van der Waals surface area (Å²) < 4.78 is 13.9. The van der Waals surface area contributed by atoms with Gasteiger partial charge in [-0.15, -0.1) is 0 Å². The lowest BCUT2D eigenvalue weighted by molar-refractivity contribution is 0.0878. The van der Waals surface area contributed by atoms with Crippen LogP contribution in [0.4, 0.5) is 4.39 Å². The van der Waals surface area contributed by atoms with Crippen LogP contribution in [-0.4, -0.2) is 62.2 Å². The topological polar surface area (TPSA) is 18.5 Å². The van der Waals surface area contributed by atoms with E-state index in [0.29, 0.717) is 6.04 Å². The quantitative estimate of drug-likeness (QED) is 0.883. The largest absolute Gasteiger partial charge is 0.312 e. The Morgan fingerprint density at radius 1 is 1.30 bits per heavy atom. The first-order chi connectivity index (χ1) is 9.61. The molecular weight excluding hydrogens is 253 g/mol. The van der Waals surface area contributed by atoms with Gasteiger partial charge in [-0.2, -0.15) is 0 Å². The first-order valence-corrected chi connectivity index (χ1v) is 7.47. The molecule has 1 aliphatic rings. The number of benzene rings is 1. The third-order valence-corrected chi connectivity index (χ3v) is 4.23. The molecule has 1 saturated heterocycles. The van der Waals surface area contributed by atoms with Gasteiger partial charge in [-0.25, -0.2) is 4.39 Å². The Balaban J connectivity index is 2.11. The molecule has 112 valence electrons. The standard InChI is InChI=1S/C16H26FN3/c1-4-18-15(11-13-7-5-6-8-14(13)17)16-12-19(2)9-10-20(16)3/h5-8,15-16,18H,4,9-12H2,1-3H3. The summed E-state index contributed by atoms with van der Waals surface area (Å²) in [6.45, 7) is 6.22. The van der Waals surface area contributed by atoms with Gasteiger partial charge in [0.15, 0.2) is 0 Å². The highest BCUT2D eigenvalue weighted by Gasteiger charge is 2.29. The van der Waals surface area contributed by atoms with Gasteiger partial charge in [-0.1, -0.05) is 25.1 Å². The molecule has 1 heterocycles. The molecule has 1 aromatic rings. The van der Waals surface area contributed by atoms with Crippen molar-refractivity contribution in [1.82, 2.24) is 15.1 Å². The molecular formula is C16H26FN3. The van der Waals surface area contributed by atoms with Crippen molar-refractivity contribution < 1.29 is 4.39 Å². The number of halogens is 1. The Hall–Kier alpha value is -0.970. The van der Waals surface area contributed by atoms with E-state index in [0.717, 1.165) is 38.2 Å². The smallest absolute Gasteiger partial charge is 0.126 e. The zero-order valence-corrected chi connectivity index (χ0v) is 12.8. The second kappa shape index (κ2) is 7.16. The van der Waals surface area contributed by atoms with Crippen molar-refractivity contribution in [1.29, 1.82) is 0 Å². The minimum absolute atomic E-state index is 0.0952. The van der Waals surface area contributed by atoms with Gasteiger partial charge in [0.1, 0.15) is 5.82 Å². The molecule has 0 spiro atoms. The normalized spacial score (nSPS) is 22.9. The Morgan fingerprint density at radius 3 is 2.75 bits per heavy atom. The second-order valence-electron chi connectivity index (χ2n) is 5.77. The number of nitrogens with zero attached hydrogens (tertiary/aromatic N) is 2. The number of hydrogen-bond donors (Lipinski definition) is 1. The minimum Gasteiger partial charge on any atom is -0.312 e. The van der Waals surface area contributed by atoms with Crippen molar-refractivity contribution in [2.75, 3.05) is 40.3 Å². The molecule has 0 amide bonds. The molecule has 0 saturated carbocycles. The molecule has 1 aromatic carbocycles. The molecule has 2 rings (SSSR count). The van der Waals surface area contributed by atoms with Crippen LogP contribution in [0.2, 0.25) is 0 Å². The molecule has 3 nitrogen and oxygen atoms in total. The summed E-state index contributed by atoms with van der Waals surface area (Å²) >= 11 is 0. The second-order valence-corrected chi connectivity index (χ2v) is 5.77. The van der Waals surface area contributed by atoms with E-state index < -0.39 is 0 Å². The minimum atomic E-state index is -0.0952. The molecule has 2 atom stereocenters. The van der Waals surface area contributed by atoms with E-state index in [1.54, 1.807) is 12.1 Å². The zero-order chi connectivity index (χ0) is 14.5. The molecule has 2 unspecified atom stereocenters. The summed E-state index contributed by atoms with van der Waals surface area (Å²) in [6.07, 6.45) is 0.739. The lowest BCUT2D eigenvalue weighted by Gasteiger charge is -2.42. The Kier molecular flexibility index (Phi) is 5.52. The fourth-order valence-electron chi connectivity index (χ4n) is 2.99. The van der Waals surface area contributed by atoms with Crippen molar-refractivity contribution in [3.63, 3.8) is 0 Å². The van der Waals surface area contributed by atoms with Crippen LogP contribution in [0.25, 0.3) is 0 Å². The number of piperazine rings is 1. The van der Waals surface area contributed by atoms with E-state index in [1.165, 1.54) is 0 Å². The lowest BCUT2D eigenvalue weighted by atomic mass is 9.96. The number of hydrogen-bond acceptors (Lipinski definition) is 3. The average Bonchev–Trinajstić information content (AvgIpc) is 2.43. The summed E-state index contributed by atoms with van der Waals surface area (Å²) in [6, 6.07) is 7.82. The van der Waals surface area contributed by atoms with Crippen molar-refractivity contribution >= 4 is 0 Å².